The SMILES string of the molecule is Nc1ccc2c(-c3ccc(F)cc3Cl)cc(=O)oc2c1. The molecular weight excluding hydrogens is 281 g/mol. The molecule has 0 spiro atoms. The summed E-state index contributed by atoms with van der Waals surface area (Å²) in [4.78, 5) is 11.6. The molecule has 0 aliphatic carbocycles. The lowest BCUT2D eigenvalue weighted by Gasteiger charge is -2.08. The normalized spacial score (nSPS) is 10.9. The second kappa shape index (κ2) is 4.65. The van der Waals surface area contributed by atoms with E-state index in [0.717, 1.165) is 0 Å². The Morgan fingerprint density at radius 2 is 1.85 bits per heavy atom. The molecule has 0 bridgehead atoms. The van der Waals surface area contributed by atoms with Crippen molar-refractivity contribution in [3.05, 3.63) is 63.7 Å². The van der Waals surface area contributed by atoms with E-state index in [0.29, 0.717) is 27.8 Å². The number of anilines is 1. The summed E-state index contributed by atoms with van der Waals surface area (Å²) in [5.74, 6) is -0.435. The standard InChI is InChI=1S/C15H9ClFNO2/c16-13-5-8(17)1-3-10(13)12-7-15(19)20-14-6-9(18)2-4-11(12)14/h1-7H,18H2. The van der Waals surface area contributed by atoms with E-state index in [1.54, 1.807) is 18.2 Å². The third-order valence-corrected chi connectivity index (χ3v) is 3.30. The number of hydrogen-bond donors (Lipinski definition) is 1. The number of benzene rings is 2. The molecule has 2 N–H and O–H groups in total. The van der Waals surface area contributed by atoms with Crippen LogP contribution in [0.1, 0.15) is 0 Å². The molecule has 0 saturated heterocycles. The molecule has 5 heteroatoms. The van der Waals surface area contributed by atoms with Crippen LogP contribution in [0.4, 0.5) is 10.1 Å². The molecule has 2 aromatic carbocycles. The highest BCUT2D eigenvalue weighted by atomic mass is 35.5. The van der Waals surface area contributed by atoms with Crippen molar-refractivity contribution in [2.24, 2.45) is 0 Å². The van der Waals surface area contributed by atoms with Gasteiger partial charge in [0.05, 0.1) is 5.02 Å². The Morgan fingerprint density at radius 3 is 2.60 bits per heavy atom. The smallest absolute Gasteiger partial charge is 0.336 e. The highest BCUT2D eigenvalue weighted by Crippen LogP contribution is 2.33. The molecule has 0 fully saturated rings. The van der Waals surface area contributed by atoms with Crippen LogP contribution >= 0.6 is 11.6 Å². The van der Waals surface area contributed by atoms with Crippen LogP contribution < -0.4 is 11.4 Å². The summed E-state index contributed by atoms with van der Waals surface area (Å²) in [5.41, 5.74) is 7.17. The van der Waals surface area contributed by atoms with Gasteiger partial charge in [0.2, 0.25) is 0 Å². The lowest BCUT2D eigenvalue weighted by Crippen LogP contribution is -1.99. The summed E-state index contributed by atoms with van der Waals surface area (Å²) in [6, 6.07) is 10.4. The highest BCUT2D eigenvalue weighted by molar-refractivity contribution is 6.33. The maximum Gasteiger partial charge on any atom is 0.336 e. The van der Waals surface area contributed by atoms with Gasteiger partial charge in [-0.2, -0.15) is 0 Å². The van der Waals surface area contributed by atoms with Crippen LogP contribution in [0.15, 0.2) is 51.7 Å². The Morgan fingerprint density at radius 1 is 1.05 bits per heavy atom. The summed E-state index contributed by atoms with van der Waals surface area (Å²) >= 11 is 6.05. The largest absolute Gasteiger partial charge is 0.423 e. The van der Waals surface area contributed by atoms with Gasteiger partial charge in [-0.25, -0.2) is 9.18 Å². The summed E-state index contributed by atoms with van der Waals surface area (Å²) in [7, 11) is 0. The van der Waals surface area contributed by atoms with Gasteiger partial charge in [-0.15, -0.1) is 0 Å². The molecule has 3 aromatic rings. The van der Waals surface area contributed by atoms with E-state index < -0.39 is 11.4 Å². The lowest BCUT2D eigenvalue weighted by atomic mass is 10.0. The van der Waals surface area contributed by atoms with Crippen molar-refractivity contribution in [2.45, 2.75) is 0 Å². The van der Waals surface area contributed by atoms with Gasteiger partial charge in [0.25, 0.3) is 0 Å². The quantitative estimate of drug-likeness (QED) is 0.547. The predicted molar refractivity (Wildman–Crippen MR) is 77.3 cm³/mol. The number of nitrogens with two attached hydrogens (primary N) is 1. The Kier molecular flexibility index (Phi) is 2.95. The summed E-state index contributed by atoms with van der Waals surface area (Å²) in [5, 5.41) is 0.918. The molecule has 0 amide bonds. The lowest BCUT2D eigenvalue weighted by molar-refractivity contribution is 0.562. The van der Waals surface area contributed by atoms with Gasteiger partial charge in [0, 0.05) is 34.3 Å². The fraction of sp³-hybridized carbons (Fsp3) is 0. The van der Waals surface area contributed by atoms with Gasteiger partial charge in [-0.1, -0.05) is 11.6 Å². The van der Waals surface area contributed by atoms with E-state index in [2.05, 4.69) is 0 Å². The molecule has 0 atom stereocenters. The van der Waals surface area contributed by atoms with Gasteiger partial charge in [0.1, 0.15) is 11.4 Å². The van der Waals surface area contributed by atoms with Crippen molar-refractivity contribution in [1.29, 1.82) is 0 Å². The minimum atomic E-state index is -0.515. The molecule has 0 saturated carbocycles. The molecule has 3 rings (SSSR count). The van der Waals surface area contributed by atoms with Crippen molar-refractivity contribution in [2.75, 3.05) is 5.73 Å². The van der Waals surface area contributed by atoms with Crippen molar-refractivity contribution in [3.8, 4) is 11.1 Å². The van der Waals surface area contributed by atoms with Gasteiger partial charge in [0.15, 0.2) is 0 Å². The fourth-order valence-electron chi connectivity index (χ4n) is 2.11. The van der Waals surface area contributed by atoms with Crippen LogP contribution in [-0.2, 0) is 0 Å². The van der Waals surface area contributed by atoms with Crippen LogP contribution in [0.2, 0.25) is 5.02 Å². The van der Waals surface area contributed by atoms with Crippen molar-refractivity contribution in [3.63, 3.8) is 0 Å². The van der Waals surface area contributed by atoms with E-state index in [-0.39, 0.29) is 5.02 Å². The van der Waals surface area contributed by atoms with Gasteiger partial charge in [-0.3, -0.25) is 0 Å². The minimum absolute atomic E-state index is 0.230. The first-order valence-corrected chi connectivity index (χ1v) is 6.21. The second-order valence-electron chi connectivity index (χ2n) is 4.36. The third-order valence-electron chi connectivity index (χ3n) is 2.99. The summed E-state index contributed by atoms with van der Waals surface area (Å²) < 4.78 is 18.2. The van der Waals surface area contributed by atoms with Gasteiger partial charge < -0.3 is 10.2 Å². The van der Waals surface area contributed by atoms with Crippen LogP contribution in [0.25, 0.3) is 22.1 Å². The van der Waals surface area contributed by atoms with Gasteiger partial charge >= 0.3 is 5.63 Å². The number of fused-ring (bicyclic) bond motifs is 1. The van der Waals surface area contributed by atoms with Crippen LogP contribution in [0, 0.1) is 5.82 Å². The topological polar surface area (TPSA) is 56.2 Å². The maximum atomic E-state index is 13.1. The van der Waals surface area contributed by atoms with Crippen LogP contribution in [0.5, 0.6) is 0 Å². The molecule has 0 aliphatic rings. The highest BCUT2D eigenvalue weighted by Gasteiger charge is 2.11. The number of hydrogen-bond acceptors (Lipinski definition) is 3. The first kappa shape index (κ1) is 12.7. The zero-order valence-corrected chi connectivity index (χ0v) is 10.9. The van der Waals surface area contributed by atoms with E-state index >= 15 is 0 Å². The summed E-state index contributed by atoms with van der Waals surface area (Å²) in [6.07, 6.45) is 0. The molecule has 0 aliphatic heterocycles. The average molecular weight is 290 g/mol. The Balaban J connectivity index is 2.38. The average Bonchev–Trinajstić information content (AvgIpc) is 2.37. The van der Waals surface area contributed by atoms with Crippen molar-refractivity contribution in [1.82, 2.24) is 0 Å². The monoisotopic (exact) mass is 289 g/mol. The number of rotatable bonds is 1. The van der Waals surface area contributed by atoms with E-state index in [1.165, 1.54) is 24.3 Å². The molecule has 0 unspecified atom stereocenters. The molecule has 3 nitrogen and oxygen atoms in total. The Hall–Kier alpha value is -2.33. The van der Waals surface area contributed by atoms with Crippen molar-refractivity contribution >= 4 is 28.3 Å². The molecule has 1 heterocycles. The molecule has 1 aromatic heterocycles. The Labute approximate surface area is 118 Å². The van der Waals surface area contributed by atoms with E-state index in [4.69, 9.17) is 21.8 Å². The number of nitrogen functional groups attached to an aromatic ring is 1. The van der Waals surface area contributed by atoms with Crippen LogP contribution in [-0.4, -0.2) is 0 Å². The molecule has 0 radical (unpaired) electrons. The third kappa shape index (κ3) is 2.14. The molecular formula is C15H9ClFNO2. The maximum absolute atomic E-state index is 13.1. The first-order chi connectivity index (χ1) is 9.54. The minimum Gasteiger partial charge on any atom is -0.423 e. The zero-order valence-electron chi connectivity index (χ0n) is 10.2. The summed E-state index contributed by atoms with van der Waals surface area (Å²) in [6.45, 7) is 0. The zero-order chi connectivity index (χ0) is 14.3. The molecule has 100 valence electrons. The first-order valence-electron chi connectivity index (χ1n) is 5.83. The van der Waals surface area contributed by atoms with Gasteiger partial charge in [-0.05, 0) is 30.3 Å². The molecule has 20 heavy (non-hydrogen) atoms. The fourth-order valence-corrected chi connectivity index (χ4v) is 2.38. The van der Waals surface area contributed by atoms with E-state index in [9.17, 15) is 9.18 Å². The number of halogens is 2. The van der Waals surface area contributed by atoms with Crippen LogP contribution in [0.3, 0.4) is 0 Å². The second-order valence-corrected chi connectivity index (χ2v) is 4.77. The van der Waals surface area contributed by atoms with Crippen molar-refractivity contribution < 1.29 is 8.81 Å². The Bertz CT molecular complexity index is 873. The van der Waals surface area contributed by atoms with E-state index in [1.807, 2.05) is 0 Å². The predicted octanol–water partition coefficient (Wildman–Crippen LogP) is 3.83.